The van der Waals surface area contributed by atoms with Gasteiger partial charge in [-0.3, -0.25) is 0 Å². The number of halogens is 1. The van der Waals surface area contributed by atoms with Crippen LogP contribution in [0.15, 0.2) is 12.4 Å². The molecule has 2 heterocycles. The van der Waals surface area contributed by atoms with Crippen LogP contribution in [0.5, 0.6) is 0 Å². The van der Waals surface area contributed by atoms with Gasteiger partial charge in [-0.1, -0.05) is 18.5 Å². The molecule has 2 aromatic heterocycles. The molecule has 0 saturated carbocycles. The van der Waals surface area contributed by atoms with Crippen LogP contribution in [0.1, 0.15) is 24.6 Å². The van der Waals surface area contributed by atoms with Crippen molar-refractivity contribution in [1.29, 1.82) is 0 Å². The van der Waals surface area contributed by atoms with Gasteiger partial charge in [0.25, 0.3) is 0 Å². The zero-order valence-electron chi connectivity index (χ0n) is 10.7. The zero-order chi connectivity index (χ0) is 13.1. The van der Waals surface area contributed by atoms with E-state index in [0.717, 1.165) is 30.0 Å². The molecule has 96 valence electrons. The fraction of sp³-hybridized carbons (Fsp3) is 0.417. The van der Waals surface area contributed by atoms with E-state index in [1.165, 1.54) is 0 Å². The van der Waals surface area contributed by atoms with E-state index in [1.54, 1.807) is 17.1 Å². The van der Waals surface area contributed by atoms with Crippen LogP contribution in [0.2, 0.25) is 5.02 Å². The summed E-state index contributed by atoms with van der Waals surface area (Å²) in [5.41, 5.74) is 1.74. The molecule has 0 fully saturated rings. The maximum absolute atomic E-state index is 6.01. The summed E-state index contributed by atoms with van der Waals surface area (Å²) in [6, 6.07) is 0. The van der Waals surface area contributed by atoms with Crippen LogP contribution in [0.25, 0.3) is 5.82 Å². The van der Waals surface area contributed by atoms with Crippen LogP contribution in [0.3, 0.4) is 0 Å². The van der Waals surface area contributed by atoms with E-state index in [0.29, 0.717) is 11.0 Å². The molecule has 2 aromatic rings. The van der Waals surface area contributed by atoms with E-state index in [-0.39, 0.29) is 0 Å². The molecule has 0 aromatic carbocycles. The third-order valence-electron chi connectivity index (χ3n) is 2.53. The fourth-order valence-corrected chi connectivity index (χ4v) is 1.66. The molecule has 0 unspecified atom stereocenters. The number of nitrogens with one attached hydrogen (secondary N) is 1. The number of nitrogens with zero attached hydrogens (tertiary/aromatic N) is 4. The Bertz CT molecular complexity index is 530. The number of aromatic nitrogens is 4. The molecule has 0 bridgehead atoms. The number of anilines is 1. The Morgan fingerprint density at radius 3 is 2.78 bits per heavy atom. The van der Waals surface area contributed by atoms with Crippen molar-refractivity contribution in [3.63, 3.8) is 0 Å². The Morgan fingerprint density at radius 1 is 1.39 bits per heavy atom. The first-order valence-electron chi connectivity index (χ1n) is 5.91. The number of hydrogen-bond donors (Lipinski definition) is 1. The normalized spacial score (nSPS) is 10.7. The van der Waals surface area contributed by atoms with Gasteiger partial charge in [-0.2, -0.15) is 10.1 Å². The highest BCUT2D eigenvalue weighted by molar-refractivity contribution is 6.31. The first-order valence-corrected chi connectivity index (χ1v) is 6.29. The van der Waals surface area contributed by atoms with E-state index in [4.69, 9.17) is 11.6 Å². The highest BCUT2D eigenvalue weighted by Crippen LogP contribution is 2.17. The summed E-state index contributed by atoms with van der Waals surface area (Å²) in [4.78, 5) is 8.69. The predicted molar refractivity (Wildman–Crippen MR) is 72.4 cm³/mol. The van der Waals surface area contributed by atoms with Crippen LogP contribution in [-0.4, -0.2) is 26.3 Å². The first-order chi connectivity index (χ1) is 8.61. The number of rotatable bonds is 4. The van der Waals surface area contributed by atoms with Crippen molar-refractivity contribution < 1.29 is 0 Å². The van der Waals surface area contributed by atoms with E-state index in [9.17, 15) is 0 Å². The molecule has 0 saturated heterocycles. The monoisotopic (exact) mass is 265 g/mol. The predicted octanol–water partition coefficient (Wildman–Crippen LogP) is 2.75. The van der Waals surface area contributed by atoms with Gasteiger partial charge in [-0.25, -0.2) is 9.67 Å². The Hall–Kier alpha value is -1.62. The zero-order valence-corrected chi connectivity index (χ0v) is 11.5. The van der Waals surface area contributed by atoms with Crippen LogP contribution in [-0.2, 0) is 0 Å². The lowest BCUT2D eigenvalue weighted by molar-refractivity contribution is 0.814. The lowest BCUT2D eigenvalue weighted by Gasteiger charge is -2.07. The second-order valence-electron chi connectivity index (χ2n) is 4.13. The Kier molecular flexibility index (Phi) is 3.81. The summed E-state index contributed by atoms with van der Waals surface area (Å²) >= 11 is 6.01. The van der Waals surface area contributed by atoms with Crippen molar-refractivity contribution in [1.82, 2.24) is 19.7 Å². The van der Waals surface area contributed by atoms with Gasteiger partial charge in [-0.05, 0) is 20.3 Å². The van der Waals surface area contributed by atoms with Gasteiger partial charge in [0, 0.05) is 18.3 Å². The van der Waals surface area contributed by atoms with E-state index in [1.807, 2.05) is 13.8 Å². The molecule has 0 spiro atoms. The standard InChI is InChI=1S/C12H16ClN5/c1-4-5-14-12-15-6-8(2)11(16-12)18-7-10(13)9(3)17-18/h6-7H,4-5H2,1-3H3,(H,14,15,16). The van der Waals surface area contributed by atoms with Crippen molar-refractivity contribution >= 4 is 17.5 Å². The minimum Gasteiger partial charge on any atom is -0.354 e. The molecule has 0 aliphatic carbocycles. The maximum atomic E-state index is 6.01. The molecule has 0 radical (unpaired) electrons. The summed E-state index contributed by atoms with van der Waals surface area (Å²) in [7, 11) is 0. The summed E-state index contributed by atoms with van der Waals surface area (Å²) in [5.74, 6) is 1.36. The minimum absolute atomic E-state index is 0.613. The highest BCUT2D eigenvalue weighted by atomic mass is 35.5. The number of hydrogen-bond acceptors (Lipinski definition) is 4. The molecule has 18 heavy (non-hydrogen) atoms. The smallest absolute Gasteiger partial charge is 0.224 e. The first kappa shape index (κ1) is 12.8. The molecule has 2 rings (SSSR count). The van der Waals surface area contributed by atoms with Crippen molar-refractivity contribution in [2.24, 2.45) is 0 Å². The fourth-order valence-electron chi connectivity index (χ4n) is 1.53. The quantitative estimate of drug-likeness (QED) is 0.924. The van der Waals surface area contributed by atoms with Crippen molar-refractivity contribution in [3.05, 3.63) is 28.7 Å². The minimum atomic E-state index is 0.613. The Morgan fingerprint density at radius 2 is 2.17 bits per heavy atom. The summed E-state index contributed by atoms with van der Waals surface area (Å²) in [6.07, 6.45) is 4.57. The van der Waals surface area contributed by atoms with Gasteiger partial charge in [0.1, 0.15) is 0 Å². The Labute approximate surface area is 111 Å². The molecular weight excluding hydrogens is 250 g/mol. The van der Waals surface area contributed by atoms with Crippen LogP contribution in [0, 0.1) is 13.8 Å². The third-order valence-corrected chi connectivity index (χ3v) is 2.91. The topological polar surface area (TPSA) is 55.6 Å². The van der Waals surface area contributed by atoms with Crippen LogP contribution >= 0.6 is 11.6 Å². The SMILES string of the molecule is CCCNc1ncc(C)c(-n2cc(Cl)c(C)n2)n1. The summed E-state index contributed by atoms with van der Waals surface area (Å²) in [5, 5.41) is 8.12. The molecule has 0 amide bonds. The van der Waals surface area contributed by atoms with Gasteiger partial charge in [0.2, 0.25) is 5.95 Å². The summed E-state index contributed by atoms with van der Waals surface area (Å²) < 4.78 is 1.69. The average molecular weight is 266 g/mol. The third kappa shape index (κ3) is 2.61. The van der Waals surface area contributed by atoms with E-state index < -0.39 is 0 Å². The second kappa shape index (κ2) is 5.35. The molecule has 0 aliphatic heterocycles. The lowest BCUT2D eigenvalue weighted by atomic mass is 10.3. The van der Waals surface area contributed by atoms with Gasteiger partial charge >= 0.3 is 0 Å². The molecule has 0 aliphatic rings. The van der Waals surface area contributed by atoms with Crippen LogP contribution in [0.4, 0.5) is 5.95 Å². The van der Waals surface area contributed by atoms with Crippen LogP contribution < -0.4 is 5.32 Å². The van der Waals surface area contributed by atoms with E-state index >= 15 is 0 Å². The molecule has 1 N–H and O–H groups in total. The molecular formula is C12H16ClN5. The van der Waals surface area contributed by atoms with E-state index in [2.05, 4.69) is 27.3 Å². The van der Waals surface area contributed by atoms with Crippen molar-refractivity contribution in [2.75, 3.05) is 11.9 Å². The molecule has 0 atom stereocenters. The van der Waals surface area contributed by atoms with Gasteiger partial charge in [-0.15, -0.1) is 0 Å². The second-order valence-corrected chi connectivity index (χ2v) is 4.54. The maximum Gasteiger partial charge on any atom is 0.224 e. The van der Waals surface area contributed by atoms with Gasteiger partial charge < -0.3 is 5.32 Å². The lowest BCUT2D eigenvalue weighted by Crippen LogP contribution is -2.09. The Balaban J connectivity index is 2.36. The largest absolute Gasteiger partial charge is 0.354 e. The average Bonchev–Trinajstić information content (AvgIpc) is 2.68. The summed E-state index contributed by atoms with van der Waals surface area (Å²) in [6.45, 7) is 6.76. The number of aryl methyl sites for hydroxylation is 2. The van der Waals surface area contributed by atoms with Crippen molar-refractivity contribution in [2.45, 2.75) is 27.2 Å². The highest BCUT2D eigenvalue weighted by Gasteiger charge is 2.09. The van der Waals surface area contributed by atoms with Crippen molar-refractivity contribution in [3.8, 4) is 5.82 Å². The van der Waals surface area contributed by atoms with Gasteiger partial charge in [0.05, 0.1) is 16.9 Å². The molecule has 6 heteroatoms. The molecule has 5 nitrogen and oxygen atoms in total. The van der Waals surface area contributed by atoms with Gasteiger partial charge in [0.15, 0.2) is 5.82 Å².